The van der Waals surface area contributed by atoms with E-state index in [9.17, 15) is 9.59 Å². The average Bonchev–Trinajstić information content (AvgIpc) is 2.42. The van der Waals surface area contributed by atoms with Crippen molar-refractivity contribution < 1.29 is 14.3 Å². The van der Waals surface area contributed by atoms with Gasteiger partial charge in [-0.05, 0) is 24.5 Å². The van der Waals surface area contributed by atoms with Gasteiger partial charge in [-0.3, -0.25) is 9.59 Å². The molecule has 0 aliphatic carbocycles. The van der Waals surface area contributed by atoms with Gasteiger partial charge in [0.1, 0.15) is 5.75 Å². The molecule has 2 amide bonds. The minimum Gasteiger partial charge on any atom is -0.481 e. The Hall–Kier alpha value is -2.04. The third-order valence-electron chi connectivity index (χ3n) is 3.21. The average molecular weight is 290 g/mol. The number of amides is 2. The van der Waals surface area contributed by atoms with Gasteiger partial charge in [0.15, 0.2) is 6.61 Å². The number of hydrogen-bond acceptors (Lipinski definition) is 3. The normalized spacial score (nSPS) is 13.9. The SMILES string of the molecule is CCCC(=O)Nc1ccc2c(c1)OCC(=O)N2CC(C)C. The van der Waals surface area contributed by atoms with Gasteiger partial charge in [0, 0.05) is 24.7 Å². The summed E-state index contributed by atoms with van der Waals surface area (Å²) in [5.41, 5.74) is 1.47. The number of fused-ring (bicyclic) bond motifs is 1. The number of anilines is 2. The fraction of sp³-hybridized carbons (Fsp3) is 0.500. The first-order chi connectivity index (χ1) is 10.0. The van der Waals surface area contributed by atoms with Crippen molar-refractivity contribution in [2.75, 3.05) is 23.4 Å². The first kappa shape index (κ1) is 15.4. The summed E-state index contributed by atoms with van der Waals surface area (Å²) >= 11 is 0. The van der Waals surface area contributed by atoms with Gasteiger partial charge in [0.25, 0.3) is 5.91 Å². The number of carbonyl (C=O) groups excluding carboxylic acids is 2. The Morgan fingerprint density at radius 1 is 1.43 bits per heavy atom. The Kier molecular flexibility index (Phi) is 4.83. The van der Waals surface area contributed by atoms with E-state index >= 15 is 0 Å². The predicted molar refractivity (Wildman–Crippen MR) is 82.7 cm³/mol. The molecule has 1 aromatic rings. The van der Waals surface area contributed by atoms with Crippen LogP contribution in [-0.2, 0) is 9.59 Å². The summed E-state index contributed by atoms with van der Waals surface area (Å²) in [6.45, 7) is 6.82. The van der Waals surface area contributed by atoms with Crippen LogP contribution in [0, 0.1) is 5.92 Å². The minimum absolute atomic E-state index is 0.0108. The molecule has 0 atom stereocenters. The van der Waals surface area contributed by atoms with E-state index in [1.54, 1.807) is 11.0 Å². The molecule has 1 aliphatic rings. The number of hydrogen-bond donors (Lipinski definition) is 1. The number of nitrogens with one attached hydrogen (secondary N) is 1. The molecule has 0 bridgehead atoms. The number of rotatable bonds is 5. The van der Waals surface area contributed by atoms with Crippen LogP contribution in [0.1, 0.15) is 33.6 Å². The molecule has 0 saturated heterocycles. The van der Waals surface area contributed by atoms with Crippen molar-refractivity contribution in [3.05, 3.63) is 18.2 Å². The van der Waals surface area contributed by atoms with Crippen LogP contribution in [-0.4, -0.2) is 25.0 Å². The van der Waals surface area contributed by atoms with Gasteiger partial charge in [-0.15, -0.1) is 0 Å². The fourth-order valence-electron chi connectivity index (χ4n) is 2.30. The zero-order valence-electron chi connectivity index (χ0n) is 12.8. The maximum Gasteiger partial charge on any atom is 0.265 e. The highest BCUT2D eigenvalue weighted by Gasteiger charge is 2.26. The molecule has 0 unspecified atom stereocenters. The number of benzene rings is 1. The van der Waals surface area contributed by atoms with Crippen molar-refractivity contribution >= 4 is 23.2 Å². The Bertz CT molecular complexity index is 540. The Morgan fingerprint density at radius 2 is 2.19 bits per heavy atom. The van der Waals surface area contributed by atoms with Crippen molar-refractivity contribution in [3.8, 4) is 5.75 Å². The summed E-state index contributed by atoms with van der Waals surface area (Å²) in [6.07, 6.45) is 1.31. The Labute approximate surface area is 125 Å². The van der Waals surface area contributed by atoms with E-state index in [0.29, 0.717) is 30.3 Å². The van der Waals surface area contributed by atoms with Gasteiger partial charge in [-0.2, -0.15) is 0 Å². The molecule has 0 aromatic heterocycles. The molecule has 5 nitrogen and oxygen atoms in total. The molecule has 1 heterocycles. The van der Waals surface area contributed by atoms with Crippen LogP contribution in [0.15, 0.2) is 18.2 Å². The standard InChI is InChI=1S/C16H22N2O3/c1-4-5-15(19)17-12-6-7-13-14(8-12)21-10-16(20)18(13)9-11(2)3/h6-8,11H,4-5,9-10H2,1-3H3,(H,17,19). The molecule has 21 heavy (non-hydrogen) atoms. The van der Waals surface area contributed by atoms with Gasteiger partial charge in [-0.1, -0.05) is 20.8 Å². The van der Waals surface area contributed by atoms with E-state index in [4.69, 9.17) is 4.74 Å². The second kappa shape index (κ2) is 6.61. The number of nitrogens with zero attached hydrogens (tertiary/aromatic N) is 1. The van der Waals surface area contributed by atoms with E-state index in [-0.39, 0.29) is 18.4 Å². The van der Waals surface area contributed by atoms with E-state index in [1.165, 1.54) is 0 Å². The van der Waals surface area contributed by atoms with Gasteiger partial charge in [-0.25, -0.2) is 0 Å². The van der Waals surface area contributed by atoms with Crippen LogP contribution in [0.25, 0.3) is 0 Å². The maximum atomic E-state index is 12.0. The Morgan fingerprint density at radius 3 is 2.86 bits per heavy atom. The second-order valence-electron chi connectivity index (χ2n) is 5.67. The smallest absolute Gasteiger partial charge is 0.265 e. The van der Waals surface area contributed by atoms with Crippen LogP contribution in [0.4, 0.5) is 11.4 Å². The zero-order chi connectivity index (χ0) is 15.4. The summed E-state index contributed by atoms with van der Waals surface area (Å²) in [5, 5.41) is 2.84. The number of ether oxygens (including phenoxy) is 1. The van der Waals surface area contributed by atoms with Crippen molar-refractivity contribution in [1.29, 1.82) is 0 Å². The summed E-state index contributed by atoms with van der Waals surface area (Å²) in [5.74, 6) is 0.982. The highest BCUT2D eigenvalue weighted by Crippen LogP contribution is 2.35. The summed E-state index contributed by atoms with van der Waals surface area (Å²) in [6, 6.07) is 5.42. The fourth-order valence-corrected chi connectivity index (χ4v) is 2.30. The highest BCUT2D eigenvalue weighted by atomic mass is 16.5. The molecule has 114 valence electrons. The highest BCUT2D eigenvalue weighted by molar-refractivity contribution is 5.99. The zero-order valence-corrected chi connectivity index (χ0v) is 12.8. The third-order valence-corrected chi connectivity index (χ3v) is 3.21. The molecule has 2 rings (SSSR count). The molecular formula is C16H22N2O3. The number of carbonyl (C=O) groups is 2. The van der Waals surface area contributed by atoms with Gasteiger partial charge in [0.2, 0.25) is 5.91 Å². The summed E-state index contributed by atoms with van der Waals surface area (Å²) < 4.78 is 5.49. The molecule has 0 spiro atoms. The van der Waals surface area contributed by atoms with Crippen molar-refractivity contribution in [2.45, 2.75) is 33.6 Å². The topological polar surface area (TPSA) is 58.6 Å². The van der Waals surface area contributed by atoms with Crippen LogP contribution in [0.2, 0.25) is 0 Å². The summed E-state index contributed by atoms with van der Waals surface area (Å²) in [4.78, 5) is 25.3. The van der Waals surface area contributed by atoms with Gasteiger partial charge in [0.05, 0.1) is 5.69 Å². The van der Waals surface area contributed by atoms with E-state index < -0.39 is 0 Å². The molecule has 1 aliphatic heterocycles. The predicted octanol–water partition coefficient (Wildman–Crippen LogP) is 2.81. The van der Waals surface area contributed by atoms with Gasteiger partial charge < -0.3 is 15.0 Å². The lowest BCUT2D eigenvalue weighted by atomic mass is 10.1. The maximum absolute atomic E-state index is 12.0. The third kappa shape index (κ3) is 3.74. The van der Waals surface area contributed by atoms with Crippen LogP contribution < -0.4 is 15.0 Å². The lowest BCUT2D eigenvalue weighted by Gasteiger charge is -2.31. The monoisotopic (exact) mass is 290 g/mol. The van der Waals surface area contributed by atoms with Crippen LogP contribution >= 0.6 is 0 Å². The second-order valence-corrected chi connectivity index (χ2v) is 5.67. The molecule has 1 aromatic carbocycles. The summed E-state index contributed by atoms with van der Waals surface area (Å²) in [7, 11) is 0. The van der Waals surface area contributed by atoms with Crippen LogP contribution in [0.5, 0.6) is 5.75 Å². The quantitative estimate of drug-likeness (QED) is 0.907. The molecular weight excluding hydrogens is 268 g/mol. The van der Waals surface area contributed by atoms with Crippen molar-refractivity contribution in [2.24, 2.45) is 5.92 Å². The molecule has 5 heteroatoms. The van der Waals surface area contributed by atoms with E-state index in [0.717, 1.165) is 12.1 Å². The largest absolute Gasteiger partial charge is 0.481 e. The van der Waals surface area contributed by atoms with Crippen LogP contribution in [0.3, 0.4) is 0 Å². The lowest BCUT2D eigenvalue weighted by Crippen LogP contribution is -2.40. The van der Waals surface area contributed by atoms with E-state index in [1.807, 2.05) is 19.1 Å². The molecule has 0 radical (unpaired) electrons. The first-order valence-corrected chi connectivity index (χ1v) is 7.38. The Balaban J connectivity index is 2.20. The van der Waals surface area contributed by atoms with E-state index in [2.05, 4.69) is 19.2 Å². The first-order valence-electron chi connectivity index (χ1n) is 7.38. The molecule has 0 fully saturated rings. The minimum atomic E-state index is -0.0287. The van der Waals surface area contributed by atoms with Gasteiger partial charge >= 0.3 is 0 Å². The van der Waals surface area contributed by atoms with Crippen molar-refractivity contribution in [3.63, 3.8) is 0 Å². The lowest BCUT2D eigenvalue weighted by molar-refractivity contribution is -0.121. The molecule has 0 saturated carbocycles. The molecule has 1 N–H and O–H groups in total. The van der Waals surface area contributed by atoms with Crippen molar-refractivity contribution in [1.82, 2.24) is 0 Å².